The Balaban J connectivity index is 3.71. The molecule has 0 unspecified atom stereocenters. The number of rotatable bonds is 8. The molecule has 0 aliphatic rings. The van der Waals surface area contributed by atoms with E-state index in [0.717, 1.165) is 0 Å². The van der Waals surface area contributed by atoms with E-state index in [0.29, 0.717) is 19.4 Å². The highest BCUT2D eigenvalue weighted by atomic mass is 16.6. The van der Waals surface area contributed by atoms with Crippen molar-refractivity contribution in [3.8, 4) is 0 Å². The van der Waals surface area contributed by atoms with Gasteiger partial charge in [-0.15, -0.1) is 0 Å². The highest BCUT2D eigenvalue weighted by Gasteiger charge is 2.16. The molecule has 0 spiro atoms. The smallest absolute Gasteiger partial charge is 0.320 e. The van der Waals surface area contributed by atoms with Crippen molar-refractivity contribution in [2.75, 3.05) is 6.54 Å². The number of nitrogens with two attached hydrogens (primary N) is 2. The summed E-state index contributed by atoms with van der Waals surface area (Å²) in [6.45, 7) is 0.481. The topological polar surface area (TPSA) is 133 Å². The van der Waals surface area contributed by atoms with Gasteiger partial charge in [0, 0.05) is 12.8 Å². The van der Waals surface area contributed by atoms with E-state index in [1.165, 1.54) is 0 Å². The molecular formula is C10H18N2O5. The Morgan fingerprint density at radius 3 is 2.24 bits per heavy atom. The Labute approximate surface area is 99.1 Å². The number of carbonyl (C=O) groups excluding carboxylic acids is 2. The molecule has 17 heavy (non-hydrogen) atoms. The van der Waals surface area contributed by atoms with Crippen LogP contribution in [0.4, 0.5) is 0 Å². The zero-order chi connectivity index (χ0) is 13.3. The average molecular weight is 246 g/mol. The molecule has 5 N–H and O–H groups in total. The fourth-order valence-electron chi connectivity index (χ4n) is 1.04. The van der Waals surface area contributed by atoms with Gasteiger partial charge in [-0.25, -0.2) is 0 Å². The van der Waals surface area contributed by atoms with Crippen molar-refractivity contribution in [1.82, 2.24) is 0 Å². The third kappa shape index (κ3) is 8.35. The number of hydrogen-bond donors (Lipinski definition) is 3. The molecular weight excluding hydrogens is 228 g/mol. The quantitative estimate of drug-likeness (QED) is 0.295. The molecule has 0 aliphatic heterocycles. The standard InChI is InChI=1S/C10H18N2O5/c11-6-2-1-3-8(13)17-9(14)5-4-7(12)10(15)16/h7H,1-6,11-12H2,(H,15,16)/t7-/m1/s1. The largest absolute Gasteiger partial charge is 0.480 e. The van der Waals surface area contributed by atoms with Gasteiger partial charge in [-0.2, -0.15) is 0 Å². The van der Waals surface area contributed by atoms with Crippen molar-refractivity contribution >= 4 is 17.9 Å². The number of unbranched alkanes of at least 4 members (excludes halogenated alkanes) is 1. The van der Waals surface area contributed by atoms with Gasteiger partial charge in [0.1, 0.15) is 6.04 Å². The van der Waals surface area contributed by atoms with E-state index < -0.39 is 23.9 Å². The maximum atomic E-state index is 11.1. The molecule has 0 saturated heterocycles. The lowest BCUT2D eigenvalue weighted by Gasteiger charge is -2.05. The SMILES string of the molecule is NCCCCC(=O)OC(=O)CC[C@@H](N)C(=O)O. The average Bonchev–Trinajstić information content (AvgIpc) is 2.26. The van der Waals surface area contributed by atoms with Crippen molar-refractivity contribution in [3.05, 3.63) is 0 Å². The minimum Gasteiger partial charge on any atom is -0.480 e. The molecule has 0 saturated carbocycles. The monoisotopic (exact) mass is 246 g/mol. The first-order valence-corrected chi connectivity index (χ1v) is 5.39. The first-order valence-electron chi connectivity index (χ1n) is 5.39. The summed E-state index contributed by atoms with van der Waals surface area (Å²) in [5.74, 6) is -2.56. The van der Waals surface area contributed by atoms with E-state index in [4.69, 9.17) is 16.6 Å². The lowest BCUT2D eigenvalue weighted by molar-refractivity contribution is -0.159. The van der Waals surface area contributed by atoms with E-state index in [-0.39, 0.29) is 19.3 Å². The molecule has 98 valence electrons. The Hall–Kier alpha value is -1.47. The summed E-state index contributed by atoms with van der Waals surface area (Å²) in [5, 5.41) is 8.46. The second-order valence-electron chi connectivity index (χ2n) is 3.58. The minimum atomic E-state index is -1.19. The normalized spacial score (nSPS) is 11.9. The summed E-state index contributed by atoms with van der Waals surface area (Å²) in [5.41, 5.74) is 10.4. The highest BCUT2D eigenvalue weighted by molar-refractivity contribution is 5.85. The van der Waals surface area contributed by atoms with Gasteiger partial charge in [0.25, 0.3) is 0 Å². The van der Waals surface area contributed by atoms with Crippen LogP contribution in [-0.4, -0.2) is 35.6 Å². The van der Waals surface area contributed by atoms with Crippen molar-refractivity contribution < 1.29 is 24.2 Å². The Morgan fingerprint density at radius 2 is 1.71 bits per heavy atom. The Kier molecular flexibility index (Phi) is 7.91. The van der Waals surface area contributed by atoms with Gasteiger partial charge in [0.15, 0.2) is 0 Å². The molecule has 0 aromatic rings. The number of carboxylic acid groups (broad SMARTS) is 1. The van der Waals surface area contributed by atoms with Crippen molar-refractivity contribution in [3.63, 3.8) is 0 Å². The van der Waals surface area contributed by atoms with Gasteiger partial charge in [-0.3, -0.25) is 14.4 Å². The van der Waals surface area contributed by atoms with Crippen LogP contribution in [0.1, 0.15) is 32.1 Å². The van der Waals surface area contributed by atoms with Crippen LogP contribution in [0.3, 0.4) is 0 Å². The van der Waals surface area contributed by atoms with Crippen LogP contribution in [0, 0.1) is 0 Å². The molecule has 0 radical (unpaired) electrons. The van der Waals surface area contributed by atoms with Gasteiger partial charge in [-0.1, -0.05) is 0 Å². The molecule has 0 aromatic carbocycles. The van der Waals surface area contributed by atoms with Crippen LogP contribution in [-0.2, 0) is 19.1 Å². The van der Waals surface area contributed by atoms with Crippen molar-refractivity contribution in [1.29, 1.82) is 0 Å². The van der Waals surface area contributed by atoms with Gasteiger partial charge in [-0.05, 0) is 25.8 Å². The maximum Gasteiger partial charge on any atom is 0.320 e. The number of carboxylic acids is 1. The van der Waals surface area contributed by atoms with Gasteiger partial charge in [0.05, 0.1) is 0 Å². The highest BCUT2D eigenvalue weighted by Crippen LogP contribution is 2.01. The molecule has 0 amide bonds. The summed E-state index contributed by atoms with van der Waals surface area (Å²) in [7, 11) is 0. The molecule has 0 aromatic heterocycles. The van der Waals surface area contributed by atoms with Gasteiger partial charge >= 0.3 is 17.9 Å². The van der Waals surface area contributed by atoms with E-state index >= 15 is 0 Å². The third-order valence-corrected chi connectivity index (χ3v) is 2.04. The molecule has 7 nitrogen and oxygen atoms in total. The van der Waals surface area contributed by atoms with Gasteiger partial charge < -0.3 is 21.3 Å². The van der Waals surface area contributed by atoms with Crippen LogP contribution in [0.25, 0.3) is 0 Å². The van der Waals surface area contributed by atoms with Crippen LogP contribution in [0.15, 0.2) is 0 Å². The van der Waals surface area contributed by atoms with Crippen LogP contribution < -0.4 is 11.5 Å². The predicted octanol–water partition coefficient (Wildman–Crippen LogP) is -0.623. The summed E-state index contributed by atoms with van der Waals surface area (Å²) in [6, 6.07) is -1.12. The number of esters is 2. The molecule has 0 bridgehead atoms. The summed E-state index contributed by atoms with van der Waals surface area (Å²) in [6.07, 6.45) is 1.15. The maximum absolute atomic E-state index is 11.1. The molecule has 0 fully saturated rings. The predicted molar refractivity (Wildman–Crippen MR) is 58.8 cm³/mol. The summed E-state index contributed by atoms with van der Waals surface area (Å²) in [4.78, 5) is 32.5. The van der Waals surface area contributed by atoms with Crippen molar-refractivity contribution in [2.45, 2.75) is 38.1 Å². The van der Waals surface area contributed by atoms with Crippen LogP contribution in [0.2, 0.25) is 0 Å². The van der Waals surface area contributed by atoms with Crippen LogP contribution >= 0.6 is 0 Å². The molecule has 1 atom stereocenters. The van der Waals surface area contributed by atoms with E-state index in [1.54, 1.807) is 0 Å². The zero-order valence-electron chi connectivity index (χ0n) is 9.55. The lowest BCUT2D eigenvalue weighted by atomic mass is 10.2. The Bertz CT molecular complexity index is 280. The molecule has 0 heterocycles. The second kappa shape index (κ2) is 8.66. The number of aliphatic carboxylic acids is 1. The number of hydrogen-bond acceptors (Lipinski definition) is 6. The first kappa shape index (κ1) is 15.5. The minimum absolute atomic E-state index is 0.0513. The zero-order valence-corrected chi connectivity index (χ0v) is 9.55. The fourth-order valence-corrected chi connectivity index (χ4v) is 1.04. The second-order valence-corrected chi connectivity index (χ2v) is 3.58. The van der Waals surface area contributed by atoms with Crippen LogP contribution in [0.5, 0.6) is 0 Å². The third-order valence-electron chi connectivity index (χ3n) is 2.04. The van der Waals surface area contributed by atoms with E-state index in [2.05, 4.69) is 4.74 Å². The van der Waals surface area contributed by atoms with Gasteiger partial charge in [0.2, 0.25) is 0 Å². The number of ether oxygens (including phenoxy) is 1. The first-order chi connectivity index (χ1) is 7.97. The van der Waals surface area contributed by atoms with E-state index in [1.807, 2.05) is 0 Å². The fraction of sp³-hybridized carbons (Fsp3) is 0.700. The molecule has 7 heteroatoms. The van der Waals surface area contributed by atoms with Crippen molar-refractivity contribution in [2.24, 2.45) is 11.5 Å². The van der Waals surface area contributed by atoms with E-state index in [9.17, 15) is 14.4 Å². The summed E-state index contributed by atoms with van der Waals surface area (Å²) >= 11 is 0. The molecule has 0 aliphatic carbocycles. The lowest BCUT2D eigenvalue weighted by Crippen LogP contribution is -2.30. The Morgan fingerprint density at radius 1 is 1.12 bits per heavy atom. The number of carbonyl (C=O) groups is 3. The molecule has 0 rings (SSSR count). The summed E-state index contributed by atoms with van der Waals surface area (Å²) < 4.78 is 4.46.